The van der Waals surface area contributed by atoms with Crippen molar-refractivity contribution in [3.05, 3.63) is 30.9 Å². The van der Waals surface area contributed by atoms with Gasteiger partial charge in [-0.25, -0.2) is 0 Å². The molecule has 0 aromatic heterocycles. The Balaban J connectivity index is 2.04. The van der Waals surface area contributed by atoms with Crippen LogP contribution in [0.1, 0.15) is 6.42 Å². The SMILES string of the molecule is Oc1ccccc1NC1CCO[CH]C1Cl. The predicted octanol–water partition coefficient (Wildman–Crippen LogP) is 2.36. The average Bonchev–Trinajstić information content (AvgIpc) is 2.24. The minimum atomic E-state index is -0.168. The van der Waals surface area contributed by atoms with E-state index in [9.17, 15) is 5.11 Å². The molecule has 1 radical (unpaired) electrons. The second-order valence-electron chi connectivity index (χ2n) is 3.51. The molecular weight excluding hydrogens is 214 g/mol. The second-order valence-corrected chi connectivity index (χ2v) is 4.01. The van der Waals surface area contributed by atoms with Crippen LogP contribution < -0.4 is 5.32 Å². The van der Waals surface area contributed by atoms with Crippen molar-refractivity contribution in [1.82, 2.24) is 0 Å². The van der Waals surface area contributed by atoms with Gasteiger partial charge in [-0.15, -0.1) is 11.6 Å². The predicted molar refractivity (Wildman–Crippen MR) is 60.0 cm³/mol. The summed E-state index contributed by atoms with van der Waals surface area (Å²) in [4.78, 5) is 0. The van der Waals surface area contributed by atoms with E-state index in [-0.39, 0.29) is 17.2 Å². The highest BCUT2D eigenvalue weighted by Gasteiger charge is 2.24. The Bertz CT molecular complexity index is 332. The average molecular weight is 227 g/mol. The maximum Gasteiger partial charge on any atom is 0.138 e. The van der Waals surface area contributed by atoms with Crippen LogP contribution in [0.2, 0.25) is 0 Å². The molecule has 0 amide bonds. The fourth-order valence-corrected chi connectivity index (χ4v) is 1.82. The van der Waals surface area contributed by atoms with Crippen molar-refractivity contribution in [2.75, 3.05) is 11.9 Å². The lowest BCUT2D eigenvalue weighted by atomic mass is 10.1. The van der Waals surface area contributed by atoms with E-state index in [1.165, 1.54) is 0 Å². The first-order chi connectivity index (χ1) is 7.27. The molecule has 81 valence electrons. The van der Waals surface area contributed by atoms with E-state index in [4.69, 9.17) is 16.3 Å². The lowest BCUT2D eigenvalue weighted by Gasteiger charge is -2.28. The van der Waals surface area contributed by atoms with Gasteiger partial charge in [-0.05, 0) is 18.6 Å². The van der Waals surface area contributed by atoms with E-state index in [0.29, 0.717) is 12.3 Å². The molecule has 1 aromatic rings. The number of phenols is 1. The van der Waals surface area contributed by atoms with E-state index < -0.39 is 0 Å². The van der Waals surface area contributed by atoms with E-state index in [1.807, 2.05) is 12.1 Å². The molecule has 0 bridgehead atoms. The first-order valence-electron chi connectivity index (χ1n) is 4.91. The summed E-state index contributed by atoms with van der Waals surface area (Å²) in [6.45, 7) is 2.29. The largest absolute Gasteiger partial charge is 0.506 e. The number of ether oxygens (including phenoxy) is 1. The molecule has 15 heavy (non-hydrogen) atoms. The zero-order chi connectivity index (χ0) is 10.7. The van der Waals surface area contributed by atoms with Crippen LogP contribution in [0.5, 0.6) is 5.75 Å². The van der Waals surface area contributed by atoms with E-state index in [1.54, 1.807) is 18.7 Å². The van der Waals surface area contributed by atoms with Crippen molar-refractivity contribution >= 4 is 17.3 Å². The molecule has 0 saturated carbocycles. The van der Waals surface area contributed by atoms with Gasteiger partial charge in [0.05, 0.1) is 11.1 Å². The zero-order valence-electron chi connectivity index (χ0n) is 8.19. The van der Waals surface area contributed by atoms with E-state index in [0.717, 1.165) is 6.42 Å². The molecule has 2 atom stereocenters. The van der Waals surface area contributed by atoms with Gasteiger partial charge in [0.25, 0.3) is 0 Å². The Morgan fingerprint density at radius 1 is 1.40 bits per heavy atom. The molecule has 0 aliphatic carbocycles. The van der Waals surface area contributed by atoms with Crippen molar-refractivity contribution in [3.8, 4) is 5.75 Å². The third-order valence-corrected chi connectivity index (χ3v) is 2.81. The van der Waals surface area contributed by atoms with Gasteiger partial charge in [0.2, 0.25) is 0 Å². The van der Waals surface area contributed by atoms with Crippen LogP contribution in [0.3, 0.4) is 0 Å². The summed E-state index contributed by atoms with van der Waals surface area (Å²) in [7, 11) is 0. The molecule has 2 N–H and O–H groups in total. The van der Waals surface area contributed by atoms with Gasteiger partial charge in [-0.1, -0.05) is 12.1 Å². The highest BCUT2D eigenvalue weighted by atomic mass is 35.5. The second kappa shape index (κ2) is 4.73. The number of para-hydroxylation sites is 2. The number of benzene rings is 1. The summed E-state index contributed by atoms with van der Waals surface area (Å²) in [6, 6.07) is 7.24. The lowest BCUT2D eigenvalue weighted by molar-refractivity contribution is 0.151. The maximum absolute atomic E-state index is 9.58. The topological polar surface area (TPSA) is 41.5 Å². The number of halogens is 1. The molecule has 1 aliphatic heterocycles. The van der Waals surface area contributed by atoms with Crippen LogP contribution in [0.4, 0.5) is 5.69 Å². The van der Waals surface area contributed by atoms with Gasteiger partial charge < -0.3 is 15.2 Å². The summed E-state index contributed by atoms with van der Waals surface area (Å²) in [5, 5.41) is 12.6. The van der Waals surface area contributed by atoms with Crippen LogP contribution in [0.25, 0.3) is 0 Å². The lowest BCUT2D eigenvalue weighted by Crippen LogP contribution is -2.35. The van der Waals surface area contributed by atoms with Crippen molar-refractivity contribution in [2.24, 2.45) is 0 Å². The van der Waals surface area contributed by atoms with Gasteiger partial charge >= 0.3 is 0 Å². The summed E-state index contributed by atoms with van der Waals surface area (Å²) in [6.07, 6.45) is 0.832. The highest BCUT2D eigenvalue weighted by molar-refractivity contribution is 6.22. The Morgan fingerprint density at radius 3 is 2.93 bits per heavy atom. The maximum atomic E-state index is 9.58. The molecule has 1 aromatic carbocycles. The summed E-state index contributed by atoms with van der Waals surface area (Å²) < 4.78 is 5.12. The third kappa shape index (κ3) is 2.55. The number of anilines is 1. The molecule has 4 heteroatoms. The Hall–Kier alpha value is -0.930. The van der Waals surface area contributed by atoms with Crippen LogP contribution in [0, 0.1) is 6.61 Å². The highest BCUT2D eigenvalue weighted by Crippen LogP contribution is 2.26. The molecule has 1 heterocycles. The number of hydrogen-bond donors (Lipinski definition) is 2. The minimum Gasteiger partial charge on any atom is -0.506 e. The van der Waals surface area contributed by atoms with Crippen molar-refractivity contribution in [1.29, 1.82) is 0 Å². The molecule has 1 saturated heterocycles. The quantitative estimate of drug-likeness (QED) is 0.601. The molecular formula is C11H13ClNO2. The molecule has 2 unspecified atom stereocenters. The smallest absolute Gasteiger partial charge is 0.138 e. The standard InChI is InChI=1S/C11H13ClNO2/c12-8-7-15-6-5-9(8)13-10-3-1-2-4-11(10)14/h1-4,7-9,13-14H,5-6H2. The van der Waals surface area contributed by atoms with Crippen LogP contribution in [-0.2, 0) is 4.74 Å². The summed E-state index contributed by atoms with van der Waals surface area (Å²) in [5.74, 6) is 0.243. The van der Waals surface area contributed by atoms with Crippen LogP contribution >= 0.6 is 11.6 Å². The van der Waals surface area contributed by atoms with Gasteiger partial charge in [0, 0.05) is 12.6 Å². The summed E-state index contributed by atoms with van der Waals surface area (Å²) >= 11 is 6.06. The van der Waals surface area contributed by atoms with Crippen LogP contribution in [0.15, 0.2) is 24.3 Å². The monoisotopic (exact) mass is 226 g/mol. The first-order valence-corrected chi connectivity index (χ1v) is 5.34. The third-order valence-electron chi connectivity index (χ3n) is 2.40. The number of phenolic OH excluding ortho intramolecular Hbond substituents is 1. The van der Waals surface area contributed by atoms with E-state index in [2.05, 4.69) is 5.32 Å². The number of hydrogen-bond acceptors (Lipinski definition) is 3. The Morgan fingerprint density at radius 2 is 2.20 bits per heavy atom. The molecule has 0 spiro atoms. The molecule has 1 fully saturated rings. The van der Waals surface area contributed by atoms with Crippen molar-refractivity contribution in [3.63, 3.8) is 0 Å². The fraction of sp³-hybridized carbons (Fsp3) is 0.364. The summed E-state index contributed by atoms with van der Waals surface area (Å²) in [5.41, 5.74) is 0.712. The Kier molecular flexibility index (Phi) is 3.34. The van der Waals surface area contributed by atoms with Crippen molar-refractivity contribution < 1.29 is 9.84 Å². The van der Waals surface area contributed by atoms with E-state index >= 15 is 0 Å². The first kappa shape index (κ1) is 10.6. The van der Waals surface area contributed by atoms with Crippen LogP contribution in [-0.4, -0.2) is 23.1 Å². The number of alkyl halides is 1. The van der Waals surface area contributed by atoms with Gasteiger partial charge in [-0.3, -0.25) is 0 Å². The van der Waals surface area contributed by atoms with Gasteiger partial charge in [-0.2, -0.15) is 0 Å². The van der Waals surface area contributed by atoms with Crippen molar-refractivity contribution in [2.45, 2.75) is 17.8 Å². The Labute approximate surface area is 94.0 Å². The number of rotatable bonds is 2. The molecule has 2 rings (SSSR count). The van der Waals surface area contributed by atoms with Gasteiger partial charge in [0.15, 0.2) is 0 Å². The number of aromatic hydroxyl groups is 1. The minimum absolute atomic E-state index is 0.105. The normalized spacial score (nSPS) is 26.2. The number of nitrogens with one attached hydrogen (secondary N) is 1. The fourth-order valence-electron chi connectivity index (χ4n) is 1.56. The zero-order valence-corrected chi connectivity index (χ0v) is 8.95. The molecule has 1 aliphatic rings. The molecule has 3 nitrogen and oxygen atoms in total. The van der Waals surface area contributed by atoms with Gasteiger partial charge in [0.1, 0.15) is 12.4 Å².